The summed E-state index contributed by atoms with van der Waals surface area (Å²) in [5, 5.41) is 3.30. The van der Waals surface area contributed by atoms with Crippen molar-refractivity contribution < 1.29 is 13.9 Å². The molecule has 0 aliphatic heterocycles. The molecule has 0 saturated heterocycles. The Bertz CT molecular complexity index is 404. The molecule has 1 saturated carbocycles. The van der Waals surface area contributed by atoms with Crippen molar-refractivity contribution in [1.29, 1.82) is 0 Å². The van der Waals surface area contributed by atoms with E-state index in [0.717, 1.165) is 25.0 Å². The van der Waals surface area contributed by atoms with Gasteiger partial charge in [-0.2, -0.15) is 0 Å². The topological polar surface area (TPSA) is 51.5 Å². The second kappa shape index (κ2) is 3.94. The summed E-state index contributed by atoms with van der Waals surface area (Å²) in [6.07, 6.45) is 3.16. The maximum Gasteiger partial charge on any atom is 0.341 e. The number of rotatable bonds is 4. The predicted octanol–water partition coefficient (Wildman–Crippen LogP) is 1.67. The molecule has 1 aliphatic carbocycles. The molecule has 0 aromatic carbocycles. The minimum Gasteiger partial charge on any atom is -0.465 e. The summed E-state index contributed by atoms with van der Waals surface area (Å²) < 4.78 is 10.3. The van der Waals surface area contributed by atoms with Gasteiger partial charge in [-0.15, -0.1) is 0 Å². The zero-order valence-electron chi connectivity index (χ0n) is 9.92. The van der Waals surface area contributed by atoms with E-state index in [4.69, 9.17) is 4.42 Å². The van der Waals surface area contributed by atoms with E-state index >= 15 is 0 Å². The zero-order valence-corrected chi connectivity index (χ0v) is 9.92. The van der Waals surface area contributed by atoms with E-state index in [-0.39, 0.29) is 11.5 Å². The number of ether oxygens (including phenoxy) is 1. The smallest absolute Gasteiger partial charge is 0.341 e. The molecule has 0 amide bonds. The van der Waals surface area contributed by atoms with E-state index in [1.54, 1.807) is 13.0 Å². The van der Waals surface area contributed by atoms with Crippen LogP contribution in [-0.4, -0.2) is 25.7 Å². The van der Waals surface area contributed by atoms with Crippen molar-refractivity contribution in [3.05, 3.63) is 23.2 Å². The summed E-state index contributed by atoms with van der Waals surface area (Å²) in [5.74, 6) is 1.15. The maximum atomic E-state index is 11.4. The molecule has 4 heteroatoms. The normalized spacial score (nSPS) is 17.2. The fourth-order valence-electron chi connectivity index (χ4n) is 1.94. The first-order chi connectivity index (χ1) is 7.60. The SMILES string of the molecule is CNC1(Cc2cc(C(=O)OC)c(C)o2)CC1. The van der Waals surface area contributed by atoms with Gasteiger partial charge < -0.3 is 14.5 Å². The molecule has 0 radical (unpaired) electrons. The molecule has 0 bridgehead atoms. The molecular weight excluding hydrogens is 206 g/mol. The molecular formula is C12H17NO3. The fraction of sp³-hybridized carbons (Fsp3) is 0.583. The average molecular weight is 223 g/mol. The second-order valence-corrected chi connectivity index (χ2v) is 4.38. The van der Waals surface area contributed by atoms with Crippen molar-refractivity contribution in [1.82, 2.24) is 5.32 Å². The molecule has 4 nitrogen and oxygen atoms in total. The van der Waals surface area contributed by atoms with E-state index in [9.17, 15) is 4.79 Å². The van der Waals surface area contributed by atoms with Crippen LogP contribution in [0.3, 0.4) is 0 Å². The quantitative estimate of drug-likeness (QED) is 0.789. The van der Waals surface area contributed by atoms with E-state index in [0.29, 0.717) is 11.3 Å². The van der Waals surface area contributed by atoms with Gasteiger partial charge in [-0.3, -0.25) is 0 Å². The first kappa shape index (κ1) is 11.2. The van der Waals surface area contributed by atoms with Crippen LogP contribution in [0.5, 0.6) is 0 Å². The zero-order chi connectivity index (χ0) is 11.8. The first-order valence-electron chi connectivity index (χ1n) is 5.47. The minimum atomic E-state index is -0.332. The molecule has 1 aromatic heterocycles. The summed E-state index contributed by atoms with van der Waals surface area (Å²) in [6, 6.07) is 1.79. The van der Waals surface area contributed by atoms with Crippen LogP contribution in [0.15, 0.2) is 10.5 Å². The summed E-state index contributed by atoms with van der Waals surface area (Å²) in [7, 11) is 3.34. The third-order valence-corrected chi connectivity index (χ3v) is 3.27. The van der Waals surface area contributed by atoms with Crippen molar-refractivity contribution in [3.8, 4) is 0 Å². The van der Waals surface area contributed by atoms with Crippen molar-refractivity contribution in [2.75, 3.05) is 14.2 Å². The number of hydrogen-bond donors (Lipinski definition) is 1. The molecule has 1 aliphatic rings. The minimum absolute atomic E-state index is 0.192. The lowest BCUT2D eigenvalue weighted by Gasteiger charge is -2.10. The Labute approximate surface area is 95.0 Å². The Morgan fingerprint density at radius 1 is 1.62 bits per heavy atom. The Balaban J connectivity index is 2.15. The Kier molecular flexibility index (Phi) is 2.76. The highest BCUT2D eigenvalue weighted by Crippen LogP contribution is 2.38. The average Bonchev–Trinajstić information content (AvgIpc) is 2.95. The lowest BCUT2D eigenvalue weighted by atomic mass is 10.1. The molecule has 16 heavy (non-hydrogen) atoms. The number of likely N-dealkylation sites (N-methyl/N-ethyl adjacent to an activating group) is 1. The molecule has 0 unspecified atom stereocenters. The van der Waals surface area contributed by atoms with Gasteiger partial charge in [-0.1, -0.05) is 0 Å². The summed E-state index contributed by atoms with van der Waals surface area (Å²) in [5.41, 5.74) is 0.724. The van der Waals surface area contributed by atoms with Crippen LogP contribution >= 0.6 is 0 Å². The number of methoxy groups -OCH3 is 1. The number of esters is 1. The number of furan rings is 1. The van der Waals surface area contributed by atoms with Gasteiger partial charge in [0.1, 0.15) is 17.1 Å². The molecule has 0 spiro atoms. The number of hydrogen-bond acceptors (Lipinski definition) is 4. The number of carbonyl (C=O) groups excluding carboxylic acids is 1. The van der Waals surface area contributed by atoms with E-state index in [2.05, 4.69) is 10.1 Å². The standard InChI is InChI=1S/C12H17NO3/c1-8-10(11(14)15-3)6-9(16-8)7-12(13-2)4-5-12/h6,13H,4-5,7H2,1-3H3. The molecule has 1 fully saturated rings. The van der Waals surface area contributed by atoms with Crippen LogP contribution in [0.1, 0.15) is 34.7 Å². The monoisotopic (exact) mass is 223 g/mol. The lowest BCUT2D eigenvalue weighted by Crippen LogP contribution is -2.29. The second-order valence-electron chi connectivity index (χ2n) is 4.38. The highest BCUT2D eigenvalue weighted by atomic mass is 16.5. The lowest BCUT2D eigenvalue weighted by molar-refractivity contribution is 0.0599. The van der Waals surface area contributed by atoms with Crippen LogP contribution in [0.4, 0.5) is 0 Å². The van der Waals surface area contributed by atoms with Crippen LogP contribution < -0.4 is 5.32 Å². The molecule has 1 N–H and O–H groups in total. The summed E-state index contributed by atoms with van der Waals surface area (Å²) in [4.78, 5) is 11.4. The van der Waals surface area contributed by atoms with Crippen LogP contribution in [0.25, 0.3) is 0 Å². The Hall–Kier alpha value is -1.29. The fourth-order valence-corrected chi connectivity index (χ4v) is 1.94. The first-order valence-corrected chi connectivity index (χ1v) is 5.47. The summed E-state index contributed by atoms with van der Waals surface area (Å²) >= 11 is 0. The third-order valence-electron chi connectivity index (χ3n) is 3.27. The van der Waals surface area contributed by atoms with Gasteiger partial charge in [-0.05, 0) is 32.9 Å². The van der Waals surface area contributed by atoms with Gasteiger partial charge in [0.25, 0.3) is 0 Å². The van der Waals surface area contributed by atoms with Crippen LogP contribution in [-0.2, 0) is 11.2 Å². The van der Waals surface area contributed by atoms with Gasteiger partial charge in [0.15, 0.2) is 0 Å². The van der Waals surface area contributed by atoms with Crippen molar-refractivity contribution in [2.45, 2.75) is 31.7 Å². The van der Waals surface area contributed by atoms with Crippen molar-refractivity contribution in [3.63, 3.8) is 0 Å². The van der Waals surface area contributed by atoms with E-state index < -0.39 is 0 Å². The van der Waals surface area contributed by atoms with Crippen LogP contribution in [0.2, 0.25) is 0 Å². The summed E-state index contributed by atoms with van der Waals surface area (Å²) in [6.45, 7) is 1.79. The van der Waals surface area contributed by atoms with E-state index in [1.165, 1.54) is 7.11 Å². The van der Waals surface area contributed by atoms with Gasteiger partial charge >= 0.3 is 5.97 Å². The van der Waals surface area contributed by atoms with Crippen LogP contribution in [0, 0.1) is 6.92 Å². The molecule has 2 rings (SSSR count). The Morgan fingerprint density at radius 3 is 2.81 bits per heavy atom. The predicted molar refractivity (Wildman–Crippen MR) is 59.5 cm³/mol. The largest absolute Gasteiger partial charge is 0.465 e. The number of nitrogens with one attached hydrogen (secondary N) is 1. The van der Waals surface area contributed by atoms with Gasteiger partial charge in [0.2, 0.25) is 0 Å². The maximum absolute atomic E-state index is 11.4. The van der Waals surface area contributed by atoms with Gasteiger partial charge in [0, 0.05) is 12.0 Å². The molecule has 88 valence electrons. The molecule has 0 atom stereocenters. The van der Waals surface area contributed by atoms with Crippen molar-refractivity contribution in [2.24, 2.45) is 0 Å². The number of aryl methyl sites for hydroxylation is 1. The highest BCUT2D eigenvalue weighted by Gasteiger charge is 2.42. The number of carbonyl (C=O) groups is 1. The van der Waals surface area contributed by atoms with Gasteiger partial charge in [0.05, 0.1) is 7.11 Å². The molecule has 1 heterocycles. The highest BCUT2D eigenvalue weighted by molar-refractivity contribution is 5.90. The molecule has 1 aromatic rings. The van der Waals surface area contributed by atoms with Gasteiger partial charge in [-0.25, -0.2) is 4.79 Å². The van der Waals surface area contributed by atoms with E-state index in [1.807, 2.05) is 7.05 Å². The van der Waals surface area contributed by atoms with Crippen molar-refractivity contribution >= 4 is 5.97 Å². The Morgan fingerprint density at radius 2 is 2.31 bits per heavy atom. The third kappa shape index (κ3) is 1.97.